The summed E-state index contributed by atoms with van der Waals surface area (Å²) in [5.74, 6) is -0.340. The van der Waals surface area contributed by atoms with Crippen molar-refractivity contribution in [3.8, 4) is 11.1 Å². The lowest BCUT2D eigenvalue weighted by Gasteiger charge is -2.12. The quantitative estimate of drug-likeness (QED) is 0.222. The number of rotatable bonds is 2. The van der Waals surface area contributed by atoms with E-state index in [2.05, 4.69) is 93.1 Å². The van der Waals surface area contributed by atoms with E-state index in [-0.39, 0.29) is 5.97 Å². The number of benzene rings is 5. The molecule has 7 aromatic rings. The first-order chi connectivity index (χ1) is 16.7. The molecular formula is C30H18BrNO2. The Hall–Kier alpha value is -3.89. The van der Waals surface area contributed by atoms with Crippen LogP contribution < -0.4 is 0 Å². The van der Waals surface area contributed by atoms with Gasteiger partial charge in [0.05, 0.1) is 29.2 Å². The molecule has 0 bridgehead atoms. The van der Waals surface area contributed by atoms with E-state index in [0.717, 1.165) is 26.4 Å². The Morgan fingerprint density at radius 2 is 1.47 bits per heavy atom. The first-order valence-electron chi connectivity index (χ1n) is 11.1. The van der Waals surface area contributed by atoms with Crippen molar-refractivity contribution in [2.24, 2.45) is 0 Å². The summed E-state index contributed by atoms with van der Waals surface area (Å²) in [5.41, 5.74) is 6.09. The molecule has 0 aliphatic rings. The molecule has 0 aliphatic carbocycles. The number of halogens is 1. The van der Waals surface area contributed by atoms with Gasteiger partial charge in [0.25, 0.3) is 0 Å². The first-order valence-corrected chi connectivity index (χ1v) is 11.9. The van der Waals surface area contributed by atoms with Crippen molar-refractivity contribution >= 4 is 70.8 Å². The molecule has 3 nitrogen and oxygen atoms in total. The monoisotopic (exact) mass is 503 g/mol. The number of hydrogen-bond donors (Lipinski definition) is 0. The average Bonchev–Trinajstić information content (AvgIpc) is 3.38. The lowest BCUT2D eigenvalue weighted by molar-refractivity contribution is 0.0601. The maximum atomic E-state index is 12.6. The number of carbonyl (C=O) groups is 1. The molecular weight excluding hydrogens is 486 g/mol. The lowest BCUT2D eigenvalue weighted by atomic mass is 9.93. The first kappa shape index (κ1) is 19.6. The molecule has 2 aromatic heterocycles. The highest BCUT2D eigenvalue weighted by molar-refractivity contribution is 9.10. The smallest absolute Gasteiger partial charge is 0.338 e. The van der Waals surface area contributed by atoms with Gasteiger partial charge in [0.2, 0.25) is 0 Å². The number of fused-ring (bicyclic) bond motifs is 7. The second-order valence-electron chi connectivity index (χ2n) is 8.63. The van der Waals surface area contributed by atoms with Gasteiger partial charge in [0.1, 0.15) is 0 Å². The highest BCUT2D eigenvalue weighted by atomic mass is 79.9. The van der Waals surface area contributed by atoms with Crippen LogP contribution in [0.25, 0.3) is 60.0 Å². The third kappa shape index (κ3) is 2.54. The van der Waals surface area contributed by atoms with E-state index in [4.69, 9.17) is 4.74 Å². The Kier molecular flexibility index (Phi) is 4.06. The van der Waals surface area contributed by atoms with E-state index in [1.54, 1.807) is 0 Å². The average molecular weight is 504 g/mol. The summed E-state index contributed by atoms with van der Waals surface area (Å²) in [6.45, 7) is 0. The van der Waals surface area contributed by atoms with Crippen LogP contribution in [0.5, 0.6) is 0 Å². The van der Waals surface area contributed by atoms with Gasteiger partial charge in [-0.2, -0.15) is 0 Å². The molecule has 4 heteroatoms. The van der Waals surface area contributed by atoms with E-state index in [0.29, 0.717) is 5.56 Å². The lowest BCUT2D eigenvalue weighted by Crippen LogP contribution is -2.03. The van der Waals surface area contributed by atoms with Gasteiger partial charge in [-0.3, -0.25) is 0 Å². The number of esters is 1. The second kappa shape index (κ2) is 7.05. The third-order valence-electron chi connectivity index (χ3n) is 6.90. The zero-order valence-electron chi connectivity index (χ0n) is 18.3. The van der Waals surface area contributed by atoms with Crippen molar-refractivity contribution in [3.05, 3.63) is 101 Å². The largest absolute Gasteiger partial charge is 0.465 e. The molecule has 0 amide bonds. The summed E-state index contributed by atoms with van der Waals surface area (Å²) >= 11 is 3.58. The SMILES string of the molecule is COC(=O)c1ccc(Br)cc1-c1cccc2cc3c(cc12)c1cccc2c4ccccc4n3c21. The predicted molar refractivity (Wildman–Crippen MR) is 143 cm³/mol. The molecule has 5 aromatic carbocycles. The molecule has 34 heavy (non-hydrogen) atoms. The van der Waals surface area contributed by atoms with Crippen LogP contribution in [0.2, 0.25) is 0 Å². The Morgan fingerprint density at radius 3 is 2.32 bits per heavy atom. The number of methoxy groups -OCH3 is 1. The highest BCUT2D eigenvalue weighted by Crippen LogP contribution is 2.42. The number of para-hydroxylation sites is 2. The van der Waals surface area contributed by atoms with Crippen molar-refractivity contribution < 1.29 is 9.53 Å². The van der Waals surface area contributed by atoms with Crippen LogP contribution in [0.3, 0.4) is 0 Å². The number of aromatic nitrogens is 1. The van der Waals surface area contributed by atoms with Crippen molar-refractivity contribution in [3.63, 3.8) is 0 Å². The van der Waals surface area contributed by atoms with E-state index < -0.39 is 0 Å². The third-order valence-corrected chi connectivity index (χ3v) is 7.39. The fraction of sp³-hybridized carbons (Fsp3) is 0.0333. The van der Waals surface area contributed by atoms with Crippen LogP contribution >= 0.6 is 15.9 Å². The van der Waals surface area contributed by atoms with Crippen LogP contribution in [0.15, 0.2) is 95.5 Å². The Morgan fingerprint density at radius 1 is 0.706 bits per heavy atom. The van der Waals surface area contributed by atoms with E-state index in [1.807, 2.05) is 18.2 Å². The minimum atomic E-state index is -0.340. The molecule has 0 spiro atoms. The van der Waals surface area contributed by atoms with E-state index in [1.165, 1.54) is 45.2 Å². The zero-order chi connectivity index (χ0) is 23.0. The molecule has 0 radical (unpaired) electrons. The molecule has 162 valence electrons. The van der Waals surface area contributed by atoms with Crippen molar-refractivity contribution in [2.75, 3.05) is 7.11 Å². The van der Waals surface area contributed by atoms with Gasteiger partial charge in [-0.15, -0.1) is 0 Å². The van der Waals surface area contributed by atoms with Gasteiger partial charge in [0.15, 0.2) is 0 Å². The summed E-state index contributed by atoms with van der Waals surface area (Å²) < 4.78 is 8.38. The van der Waals surface area contributed by atoms with Crippen LogP contribution in [0.1, 0.15) is 10.4 Å². The van der Waals surface area contributed by atoms with Crippen LogP contribution in [0.4, 0.5) is 0 Å². The number of nitrogens with zero attached hydrogens (tertiary/aromatic N) is 1. The standard InChI is InChI=1S/C30H18BrNO2/c1-34-30(33)23-13-12-18(31)15-25(23)19-8-4-6-17-14-28-26(16-24(17)19)22-10-5-9-21-20-7-2-3-11-27(20)32(28)29(21)22/h2-16H,1H3. The summed E-state index contributed by atoms with van der Waals surface area (Å²) in [4.78, 5) is 12.6. The number of ether oxygens (including phenoxy) is 1. The maximum Gasteiger partial charge on any atom is 0.338 e. The molecule has 0 unspecified atom stereocenters. The van der Waals surface area contributed by atoms with Gasteiger partial charge in [-0.05, 0) is 58.3 Å². The Labute approximate surface area is 203 Å². The summed E-state index contributed by atoms with van der Waals surface area (Å²) in [6, 6.07) is 31.6. The van der Waals surface area contributed by atoms with Gasteiger partial charge >= 0.3 is 5.97 Å². The van der Waals surface area contributed by atoms with E-state index in [9.17, 15) is 4.79 Å². The fourth-order valence-electron chi connectivity index (χ4n) is 5.46. The summed E-state index contributed by atoms with van der Waals surface area (Å²) in [5, 5.41) is 7.23. The Balaban J connectivity index is 1.63. The van der Waals surface area contributed by atoms with Crippen LogP contribution in [-0.4, -0.2) is 17.5 Å². The minimum absolute atomic E-state index is 0.340. The molecule has 2 heterocycles. The minimum Gasteiger partial charge on any atom is -0.465 e. The Bertz CT molecular complexity index is 1930. The topological polar surface area (TPSA) is 30.7 Å². The van der Waals surface area contributed by atoms with Crippen LogP contribution in [-0.2, 0) is 4.74 Å². The predicted octanol–water partition coefficient (Wildman–Crippen LogP) is 8.21. The fourth-order valence-corrected chi connectivity index (χ4v) is 5.82. The molecule has 0 atom stereocenters. The van der Waals surface area contributed by atoms with Crippen molar-refractivity contribution in [1.82, 2.24) is 4.40 Å². The number of hydrogen-bond acceptors (Lipinski definition) is 2. The molecule has 0 N–H and O–H groups in total. The molecule has 0 fully saturated rings. The van der Waals surface area contributed by atoms with Gasteiger partial charge in [-0.25, -0.2) is 4.79 Å². The molecule has 7 rings (SSSR count). The van der Waals surface area contributed by atoms with Crippen molar-refractivity contribution in [2.45, 2.75) is 0 Å². The summed E-state index contributed by atoms with van der Waals surface area (Å²) in [6.07, 6.45) is 0. The van der Waals surface area contributed by atoms with Gasteiger partial charge < -0.3 is 9.14 Å². The summed E-state index contributed by atoms with van der Waals surface area (Å²) in [7, 11) is 1.42. The second-order valence-corrected chi connectivity index (χ2v) is 9.55. The highest BCUT2D eigenvalue weighted by Gasteiger charge is 2.20. The normalized spacial score (nSPS) is 11.9. The maximum absolute atomic E-state index is 12.6. The zero-order valence-corrected chi connectivity index (χ0v) is 19.9. The van der Waals surface area contributed by atoms with E-state index >= 15 is 0 Å². The van der Waals surface area contributed by atoms with Crippen molar-refractivity contribution in [1.29, 1.82) is 0 Å². The van der Waals surface area contributed by atoms with Gasteiger partial charge in [0, 0.05) is 26.0 Å². The molecule has 0 aliphatic heterocycles. The number of carbonyl (C=O) groups excluding carboxylic acids is 1. The molecule has 0 saturated carbocycles. The molecule has 0 saturated heterocycles. The van der Waals surface area contributed by atoms with Gasteiger partial charge in [-0.1, -0.05) is 70.5 Å². The van der Waals surface area contributed by atoms with Crippen LogP contribution in [0, 0.1) is 0 Å².